The van der Waals surface area contributed by atoms with Crippen molar-refractivity contribution in [3.05, 3.63) is 6.33 Å². The van der Waals surface area contributed by atoms with Gasteiger partial charge in [-0.1, -0.05) is 0 Å². The van der Waals surface area contributed by atoms with Crippen LogP contribution in [0.25, 0.3) is 0 Å². The zero-order chi connectivity index (χ0) is 14.4. The number of nitrogens with zero attached hydrogens (tertiary/aromatic N) is 3. The number of hydrogen-bond donors (Lipinski definition) is 3. The van der Waals surface area contributed by atoms with Crippen LogP contribution in [0.1, 0.15) is 6.92 Å². The average molecular weight is 268 g/mol. The quantitative estimate of drug-likeness (QED) is 0.529. The van der Waals surface area contributed by atoms with Crippen molar-refractivity contribution in [1.82, 2.24) is 9.97 Å². The summed E-state index contributed by atoms with van der Waals surface area (Å²) in [6.45, 7) is 1.66. The van der Waals surface area contributed by atoms with E-state index in [1.54, 1.807) is 6.92 Å². The van der Waals surface area contributed by atoms with Crippen molar-refractivity contribution in [2.45, 2.75) is 6.92 Å². The lowest BCUT2D eigenvalue weighted by Gasteiger charge is -2.22. The lowest BCUT2D eigenvalue weighted by Crippen LogP contribution is -2.40. The first-order valence-electron chi connectivity index (χ1n) is 5.50. The molecule has 0 aliphatic rings. The maximum atomic E-state index is 11.0. The van der Waals surface area contributed by atoms with E-state index in [1.165, 1.54) is 11.2 Å². The number of nitrogens with two attached hydrogens (primary N) is 3. The molecule has 0 aliphatic carbocycles. The van der Waals surface area contributed by atoms with Crippen LogP contribution >= 0.6 is 0 Å². The minimum absolute atomic E-state index is 0.117. The van der Waals surface area contributed by atoms with E-state index < -0.39 is 11.8 Å². The van der Waals surface area contributed by atoms with E-state index in [0.717, 1.165) is 0 Å². The van der Waals surface area contributed by atoms with E-state index in [2.05, 4.69) is 9.97 Å². The molecule has 1 aromatic heterocycles. The van der Waals surface area contributed by atoms with Gasteiger partial charge in [-0.3, -0.25) is 9.59 Å². The number of primary amides is 2. The van der Waals surface area contributed by atoms with Gasteiger partial charge in [0, 0.05) is 0 Å². The average Bonchev–Trinajstić information content (AvgIpc) is 2.30. The van der Waals surface area contributed by atoms with Gasteiger partial charge in [0.15, 0.2) is 5.82 Å². The van der Waals surface area contributed by atoms with E-state index in [9.17, 15) is 9.59 Å². The summed E-state index contributed by atoms with van der Waals surface area (Å²) in [6, 6.07) is 0. The minimum atomic E-state index is -0.641. The van der Waals surface area contributed by atoms with Gasteiger partial charge in [-0.15, -0.1) is 0 Å². The molecule has 1 aromatic rings. The van der Waals surface area contributed by atoms with Crippen LogP contribution in [0.2, 0.25) is 0 Å². The SMILES string of the molecule is CCOc1ncnc(N(CC(N)=O)CC(N)=O)c1N. The molecule has 0 aromatic carbocycles. The number of anilines is 2. The van der Waals surface area contributed by atoms with E-state index in [1.807, 2.05) is 0 Å². The monoisotopic (exact) mass is 268 g/mol. The van der Waals surface area contributed by atoms with Gasteiger partial charge in [0.1, 0.15) is 12.0 Å². The van der Waals surface area contributed by atoms with Crippen molar-refractivity contribution < 1.29 is 14.3 Å². The fourth-order valence-corrected chi connectivity index (χ4v) is 1.46. The van der Waals surface area contributed by atoms with Gasteiger partial charge in [0.2, 0.25) is 17.7 Å². The van der Waals surface area contributed by atoms with Crippen molar-refractivity contribution >= 4 is 23.3 Å². The lowest BCUT2D eigenvalue weighted by molar-refractivity contribution is -0.117. The Morgan fingerprint density at radius 2 is 1.84 bits per heavy atom. The summed E-state index contributed by atoms with van der Waals surface area (Å²) in [4.78, 5) is 31.0. The zero-order valence-electron chi connectivity index (χ0n) is 10.5. The summed E-state index contributed by atoms with van der Waals surface area (Å²) in [7, 11) is 0. The Labute approximate surface area is 109 Å². The maximum Gasteiger partial charge on any atom is 0.242 e. The molecule has 0 fully saturated rings. The molecule has 1 rings (SSSR count). The molecule has 0 aliphatic heterocycles. The highest BCUT2D eigenvalue weighted by Crippen LogP contribution is 2.27. The second kappa shape index (κ2) is 6.38. The third-order valence-corrected chi connectivity index (χ3v) is 2.10. The molecule has 104 valence electrons. The van der Waals surface area contributed by atoms with Gasteiger partial charge in [-0.2, -0.15) is 4.98 Å². The fourth-order valence-electron chi connectivity index (χ4n) is 1.46. The molecule has 9 nitrogen and oxygen atoms in total. The summed E-state index contributed by atoms with van der Waals surface area (Å²) in [5, 5.41) is 0. The second-order valence-corrected chi connectivity index (χ2v) is 3.64. The molecule has 0 atom stereocenters. The molecule has 19 heavy (non-hydrogen) atoms. The maximum absolute atomic E-state index is 11.0. The van der Waals surface area contributed by atoms with Crippen molar-refractivity contribution in [1.29, 1.82) is 0 Å². The molecular formula is C10H16N6O3. The third-order valence-electron chi connectivity index (χ3n) is 2.10. The van der Waals surface area contributed by atoms with Gasteiger partial charge in [-0.25, -0.2) is 4.98 Å². The third kappa shape index (κ3) is 3.98. The summed E-state index contributed by atoms with van der Waals surface area (Å²) in [5.74, 6) is -0.933. The van der Waals surface area contributed by atoms with E-state index in [-0.39, 0.29) is 30.5 Å². The van der Waals surface area contributed by atoms with Gasteiger partial charge in [0.05, 0.1) is 19.7 Å². The first-order valence-corrected chi connectivity index (χ1v) is 5.50. The standard InChI is InChI=1S/C10H16N6O3/c1-2-19-10-8(13)9(14-5-15-10)16(3-6(11)17)4-7(12)18/h5H,2-4,13H2,1H3,(H2,11,17)(H2,12,18). The van der Waals surface area contributed by atoms with Crippen molar-refractivity contribution in [3.8, 4) is 5.88 Å². The van der Waals surface area contributed by atoms with Crippen LogP contribution in [-0.4, -0.2) is 41.5 Å². The highest BCUT2D eigenvalue weighted by Gasteiger charge is 2.19. The smallest absolute Gasteiger partial charge is 0.242 e. The van der Waals surface area contributed by atoms with Crippen molar-refractivity contribution in [2.75, 3.05) is 30.3 Å². The Balaban J connectivity index is 3.10. The van der Waals surface area contributed by atoms with Crippen LogP contribution in [0, 0.1) is 0 Å². The number of nitrogen functional groups attached to an aromatic ring is 1. The topological polar surface area (TPSA) is 150 Å². The first kappa shape index (κ1) is 14.5. The molecule has 9 heteroatoms. The Hall–Kier alpha value is -2.58. The van der Waals surface area contributed by atoms with Crippen molar-refractivity contribution in [2.24, 2.45) is 11.5 Å². The van der Waals surface area contributed by atoms with Crippen molar-refractivity contribution in [3.63, 3.8) is 0 Å². The number of carbonyl (C=O) groups excluding carboxylic acids is 2. The first-order chi connectivity index (χ1) is 8.95. The van der Waals surface area contributed by atoms with Gasteiger partial charge >= 0.3 is 0 Å². The summed E-state index contributed by atoms with van der Waals surface area (Å²) >= 11 is 0. The number of hydrogen-bond acceptors (Lipinski definition) is 7. The molecular weight excluding hydrogens is 252 g/mol. The molecule has 0 unspecified atom stereocenters. The number of rotatable bonds is 7. The van der Waals surface area contributed by atoms with E-state index in [4.69, 9.17) is 21.9 Å². The number of amides is 2. The van der Waals surface area contributed by atoms with E-state index >= 15 is 0 Å². The zero-order valence-corrected chi connectivity index (χ0v) is 10.5. The predicted octanol–water partition coefficient (Wildman–Crippen LogP) is -1.77. The molecule has 2 amide bonds. The molecule has 0 radical (unpaired) electrons. The van der Waals surface area contributed by atoms with Gasteiger partial charge in [0.25, 0.3) is 0 Å². The summed E-state index contributed by atoms with van der Waals surface area (Å²) < 4.78 is 5.20. The van der Waals surface area contributed by atoms with Crippen LogP contribution in [0.5, 0.6) is 5.88 Å². The number of carbonyl (C=O) groups is 2. The summed E-state index contributed by atoms with van der Waals surface area (Å²) in [6.07, 6.45) is 1.21. The predicted molar refractivity (Wildman–Crippen MR) is 68.2 cm³/mol. The lowest BCUT2D eigenvalue weighted by atomic mass is 10.3. The Bertz CT molecular complexity index is 462. The van der Waals surface area contributed by atoms with Crippen LogP contribution in [-0.2, 0) is 9.59 Å². The Kier molecular flexibility index (Phi) is 4.86. The number of ether oxygens (including phenoxy) is 1. The fraction of sp³-hybridized carbons (Fsp3) is 0.400. The number of aromatic nitrogens is 2. The van der Waals surface area contributed by atoms with Crippen LogP contribution in [0.15, 0.2) is 6.33 Å². The minimum Gasteiger partial charge on any atom is -0.476 e. The van der Waals surface area contributed by atoms with Crippen LogP contribution in [0.3, 0.4) is 0 Å². The van der Waals surface area contributed by atoms with Gasteiger partial charge < -0.3 is 26.8 Å². The molecule has 0 bridgehead atoms. The van der Waals surface area contributed by atoms with Gasteiger partial charge in [-0.05, 0) is 6.92 Å². The molecule has 0 spiro atoms. The second-order valence-electron chi connectivity index (χ2n) is 3.64. The molecule has 1 heterocycles. The Morgan fingerprint density at radius 1 is 1.26 bits per heavy atom. The molecule has 0 saturated carbocycles. The Morgan fingerprint density at radius 3 is 2.32 bits per heavy atom. The summed E-state index contributed by atoms with van der Waals surface area (Å²) in [5.41, 5.74) is 16.2. The normalized spacial score (nSPS) is 9.95. The van der Waals surface area contributed by atoms with Crippen LogP contribution in [0.4, 0.5) is 11.5 Å². The highest BCUT2D eigenvalue weighted by atomic mass is 16.5. The highest BCUT2D eigenvalue weighted by molar-refractivity contribution is 5.86. The largest absolute Gasteiger partial charge is 0.476 e. The molecule has 0 saturated heterocycles. The molecule has 6 N–H and O–H groups in total. The van der Waals surface area contributed by atoms with Crippen LogP contribution < -0.4 is 26.8 Å². The van der Waals surface area contributed by atoms with E-state index in [0.29, 0.717) is 6.61 Å².